The number of carbonyl (C=O) groups excluding carboxylic acids is 1. The first-order chi connectivity index (χ1) is 7.52. The lowest BCUT2D eigenvalue weighted by molar-refractivity contribution is -0.136. The summed E-state index contributed by atoms with van der Waals surface area (Å²) in [5.41, 5.74) is 1.51. The fraction of sp³-hybridized carbons (Fsp3) is 0.273. The molecule has 0 bridgehead atoms. The Labute approximate surface area is 107 Å². The standard InChI is InChI=1S/C11H12INO3/c1-7-8(3-2-4-9(7)12)11(16)13-6-5-10(14)15/h2-4H,5-6H2,1H3,(H,13,16)(H,14,15). The summed E-state index contributed by atoms with van der Waals surface area (Å²) in [7, 11) is 0. The van der Waals surface area contributed by atoms with Crippen molar-refractivity contribution in [3.05, 3.63) is 32.9 Å². The maximum atomic E-state index is 11.7. The topological polar surface area (TPSA) is 66.4 Å². The van der Waals surface area contributed by atoms with Gasteiger partial charge in [0.2, 0.25) is 0 Å². The van der Waals surface area contributed by atoms with Gasteiger partial charge in [0.25, 0.3) is 5.91 Å². The second-order valence-corrected chi connectivity index (χ2v) is 4.47. The summed E-state index contributed by atoms with van der Waals surface area (Å²) in [6.07, 6.45) is -0.0608. The van der Waals surface area contributed by atoms with Crippen molar-refractivity contribution in [2.45, 2.75) is 13.3 Å². The second-order valence-electron chi connectivity index (χ2n) is 3.31. The molecule has 0 saturated carbocycles. The molecule has 0 aliphatic rings. The summed E-state index contributed by atoms with van der Waals surface area (Å²) in [6, 6.07) is 5.46. The van der Waals surface area contributed by atoms with E-state index in [0.717, 1.165) is 9.13 Å². The first kappa shape index (κ1) is 13.0. The van der Waals surface area contributed by atoms with E-state index in [1.165, 1.54) is 0 Å². The third kappa shape index (κ3) is 3.48. The molecule has 0 atom stereocenters. The van der Waals surface area contributed by atoms with E-state index in [2.05, 4.69) is 27.9 Å². The molecule has 0 aliphatic carbocycles. The van der Waals surface area contributed by atoms with Crippen LogP contribution in [0.5, 0.6) is 0 Å². The van der Waals surface area contributed by atoms with E-state index in [-0.39, 0.29) is 18.9 Å². The van der Waals surface area contributed by atoms with E-state index in [4.69, 9.17) is 5.11 Å². The molecule has 0 aliphatic heterocycles. The van der Waals surface area contributed by atoms with Crippen molar-refractivity contribution >= 4 is 34.5 Å². The Morgan fingerprint density at radius 3 is 2.75 bits per heavy atom. The summed E-state index contributed by atoms with van der Waals surface area (Å²) in [4.78, 5) is 22.0. The maximum Gasteiger partial charge on any atom is 0.305 e. The van der Waals surface area contributed by atoms with Crippen LogP contribution in [0.2, 0.25) is 0 Å². The molecule has 1 amide bonds. The van der Waals surface area contributed by atoms with Gasteiger partial charge in [-0.3, -0.25) is 9.59 Å². The van der Waals surface area contributed by atoms with Crippen LogP contribution in [-0.2, 0) is 4.79 Å². The van der Waals surface area contributed by atoms with Gasteiger partial charge in [-0.1, -0.05) is 6.07 Å². The zero-order valence-electron chi connectivity index (χ0n) is 8.79. The molecule has 0 radical (unpaired) electrons. The van der Waals surface area contributed by atoms with Crippen LogP contribution in [0.1, 0.15) is 22.3 Å². The largest absolute Gasteiger partial charge is 0.481 e. The minimum absolute atomic E-state index is 0.0608. The molecule has 0 heterocycles. The minimum atomic E-state index is -0.917. The van der Waals surface area contributed by atoms with Gasteiger partial charge < -0.3 is 10.4 Å². The number of halogens is 1. The highest BCUT2D eigenvalue weighted by molar-refractivity contribution is 14.1. The van der Waals surface area contributed by atoms with Crippen LogP contribution >= 0.6 is 22.6 Å². The number of hydrogen-bond donors (Lipinski definition) is 2. The number of hydrogen-bond acceptors (Lipinski definition) is 2. The van der Waals surface area contributed by atoms with Crippen LogP contribution in [0.3, 0.4) is 0 Å². The van der Waals surface area contributed by atoms with Gasteiger partial charge in [0.15, 0.2) is 0 Å². The van der Waals surface area contributed by atoms with Crippen molar-refractivity contribution in [3.8, 4) is 0 Å². The van der Waals surface area contributed by atoms with Crippen molar-refractivity contribution < 1.29 is 14.7 Å². The molecule has 0 unspecified atom stereocenters. The van der Waals surface area contributed by atoms with Gasteiger partial charge in [-0.2, -0.15) is 0 Å². The van der Waals surface area contributed by atoms with Crippen molar-refractivity contribution in [3.63, 3.8) is 0 Å². The molecule has 4 nitrogen and oxygen atoms in total. The summed E-state index contributed by atoms with van der Waals surface area (Å²) in [5, 5.41) is 11.0. The molecule has 1 aromatic rings. The normalized spacial score (nSPS) is 9.88. The summed E-state index contributed by atoms with van der Waals surface area (Å²) in [6.45, 7) is 2.02. The Morgan fingerprint density at radius 2 is 2.12 bits per heavy atom. The van der Waals surface area contributed by atoms with Gasteiger partial charge in [-0.15, -0.1) is 0 Å². The van der Waals surface area contributed by atoms with E-state index < -0.39 is 5.97 Å². The highest BCUT2D eigenvalue weighted by Crippen LogP contribution is 2.15. The summed E-state index contributed by atoms with van der Waals surface area (Å²) in [5.74, 6) is -1.14. The molecule has 5 heteroatoms. The van der Waals surface area contributed by atoms with Crippen LogP contribution in [0.15, 0.2) is 18.2 Å². The van der Waals surface area contributed by atoms with Gasteiger partial charge in [-0.05, 0) is 47.2 Å². The smallest absolute Gasteiger partial charge is 0.305 e. The molecule has 0 spiro atoms. The number of rotatable bonds is 4. The van der Waals surface area contributed by atoms with Gasteiger partial charge >= 0.3 is 5.97 Å². The van der Waals surface area contributed by atoms with Crippen LogP contribution in [0.25, 0.3) is 0 Å². The van der Waals surface area contributed by atoms with E-state index >= 15 is 0 Å². The number of carboxylic acids is 1. The number of carboxylic acid groups (broad SMARTS) is 1. The number of carbonyl (C=O) groups is 2. The molecule has 0 aromatic heterocycles. The first-order valence-electron chi connectivity index (χ1n) is 4.77. The Balaban J connectivity index is 2.66. The average Bonchev–Trinajstić information content (AvgIpc) is 2.21. The number of nitrogens with one attached hydrogen (secondary N) is 1. The van der Waals surface area contributed by atoms with Gasteiger partial charge in [0, 0.05) is 15.7 Å². The predicted molar refractivity (Wildman–Crippen MR) is 68.5 cm³/mol. The number of benzene rings is 1. The van der Waals surface area contributed by atoms with Gasteiger partial charge in [0.1, 0.15) is 0 Å². The predicted octanol–water partition coefficient (Wildman–Crippen LogP) is 1.80. The molecular weight excluding hydrogens is 321 g/mol. The lowest BCUT2D eigenvalue weighted by atomic mass is 10.1. The van der Waals surface area contributed by atoms with E-state index in [1.54, 1.807) is 12.1 Å². The van der Waals surface area contributed by atoms with Gasteiger partial charge in [-0.25, -0.2) is 0 Å². The van der Waals surface area contributed by atoms with Crippen molar-refractivity contribution in [1.29, 1.82) is 0 Å². The van der Waals surface area contributed by atoms with Gasteiger partial charge in [0.05, 0.1) is 6.42 Å². The molecule has 0 fully saturated rings. The zero-order chi connectivity index (χ0) is 12.1. The molecule has 1 aromatic carbocycles. The highest BCUT2D eigenvalue weighted by atomic mass is 127. The van der Waals surface area contributed by atoms with Crippen LogP contribution in [0.4, 0.5) is 0 Å². The Kier molecular flexibility index (Phi) is 4.72. The Hall–Kier alpha value is -1.11. The molecular formula is C11H12INO3. The first-order valence-corrected chi connectivity index (χ1v) is 5.85. The van der Waals surface area contributed by atoms with Crippen molar-refractivity contribution in [2.24, 2.45) is 0 Å². The monoisotopic (exact) mass is 333 g/mol. The summed E-state index contributed by atoms with van der Waals surface area (Å²) < 4.78 is 1.02. The second kappa shape index (κ2) is 5.83. The number of amides is 1. The van der Waals surface area contributed by atoms with Crippen molar-refractivity contribution in [2.75, 3.05) is 6.54 Å². The van der Waals surface area contributed by atoms with Crippen LogP contribution in [0, 0.1) is 10.5 Å². The lowest BCUT2D eigenvalue weighted by Gasteiger charge is -2.07. The third-order valence-electron chi connectivity index (χ3n) is 2.14. The Morgan fingerprint density at radius 1 is 1.44 bits per heavy atom. The molecule has 0 saturated heterocycles. The molecule has 1 rings (SSSR count). The summed E-state index contributed by atoms with van der Waals surface area (Å²) >= 11 is 2.16. The molecule has 16 heavy (non-hydrogen) atoms. The SMILES string of the molecule is Cc1c(I)cccc1C(=O)NCCC(=O)O. The minimum Gasteiger partial charge on any atom is -0.481 e. The molecule has 86 valence electrons. The number of aliphatic carboxylic acids is 1. The van der Waals surface area contributed by atoms with Crippen LogP contribution in [-0.4, -0.2) is 23.5 Å². The van der Waals surface area contributed by atoms with E-state index in [9.17, 15) is 9.59 Å². The van der Waals surface area contributed by atoms with E-state index in [0.29, 0.717) is 5.56 Å². The zero-order valence-corrected chi connectivity index (χ0v) is 10.9. The van der Waals surface area contributed by atoms with Crippen LogP contribution < -0.4 is 5.32 Å². The molecule has 2 N–H and O–H groups in total. The average molecular weight is 333 g/mol. The van der Waals surface area contributed by atoms with Crippen molar-refractivity contribution in [1.82, 2.24) is 5.32 Å². The highest BCUT2D eigenvalue weighted by Gasteiger charge is 2.10. The Bertz CT molecular complexity index is 418. The third-order valence-corrected chi connectivity index (χ3v) is 3.31. The quantitative estimate of drug-likeness (QED) is 0.826. The lowest BCUT2D eigenvalue weighted by Crippen LogP contribution is -2.26. The fourth-order valence-electron chi connectivity index (χ4n) is 1.23. The fourth-order valence-corrected chi connectivity index (χ4v) is 1.73. The maximum absolute atomic E-state index is 11.7. The van der Waals surface area contributed by atoms with E-state index in [1.807, 2.05) is 13.0 Å².